The number of carbonyl (C=O) groups is 1. The van der Waals surface area contributed by atoms with Crippen LogP contribution in [0, 0.1) is 20.2 Å². The summed E-state index contributed by atoms with van der Waals surface area (Å²) in [5, 5.41) is 22.0. The molecule has 0 amide bonds. The minimum Gasteiger partial charge on any atom is -0.303 e. The van der Waals surface area contributed by atoms with Gasteiger partial charge in [0.1, 0.15) is 6.29 Å². The summed E-state index contributed by atoms with van der Waals surface area (Å²) in [5.74, 6) is 0. The predicted molar refractivity (Wildman–Crippen MR) is 106 cm³/mol. The molecule has 0 atom stereocenters. The molecule has 0 aromatic rings. The van der Waals surface area contributed by atoms with E-state index in [4.69, 9.17) is 0 Å². The Morgan fingerprint density at radius 1 is 0.778 bits per heavy atom. The third-order valence-corrected chi connectivity index (χ3v) is 3.83. The zero-order valence-corrected chi connectivity index (χ0v) is 16.0. The van der Waals surface area contributed by atoms with Gasteiger partial charge in [-0.3, -0.25) is 20.2 Å². The van der Waals surface area contributed by atoms with Crippen molar-refractivity contribution in [1.82, 2.24) is 0 Å². The summed E-state index contributed by atoms with van der Waals surface area (Å²) in [5.41, 5.74) is 0.205. The van der Waals surface area contributed by atoms with Crippen LogP contribution in [0.15, 0.2) is 47.9 Å². The van der Waals surface area contributed by atoms with Crippen molar-refractivity contribution in [3.05, 3.63) is 68.1 Å². The topological polar surface area (TPSA) is 103 Å². The Balaban J connectivity index is 4.45. The van der Waals surface area contributed by atoms with Crippen LogP contribution in [-0.2, 0) is 4.79 Å². The van der Waals surface area contributed by atoms with E-state index in [0.717, 1.165) is 32.0 Å². The van der Waals surface area contributed by atoms with Gasteiger partial charge in [0.15, 0.2) is 0 Å². The van der Waals surface area contributed by atoms with Crippen LogP contribution in [-0.4, -0.2) is 16.1 Å². The molecule has 0 heterocycles. The first kappa shape index (κ1) is 24.4. The molecule has 0 unspecified atom stereocenters. The minimum atomic E-state index is -0.438. The summed E-state index contributed by atoms with van der Waals surface area (Å²) in [6.07, 6.45) is 17.6. The molecule has 0 saturated heterocycles. The Bertz CT molecular complexity index is 577. The van der Waals surface area contributed by atoms with E-state index in [1.54, 1.807) is 12.2 Å². The first-order valence-corrected chi connectivity index (χ1v) is 9.43. The SMILES string of the molecule is CCCCC/C=C\C/C(=C\C/C=C\C/C(=C\CCCC=O)[N+](=O)[O-])[N+](=O)[O-]. The van der Waals surface area contributed by atoms with Gasteiger partial charge in [-0.15, -0.1) is 0 Å². The summed E-state index contributed by atoms with van der Waals surface area (Å²) in [4.78, 5) is 31.4. The van der Waals surface area contributed by atoms with Gasteiger partial charge in [-0.2, -0.15) is 0 Å². The molecule has 7 nitrogen and oxygen atoms in total. The number of hydrogen-bond donors (Lipinski definition) is 0. The Hall–Kier alpha value is -2.57. The van der Waals surface area contributed by atoms with Gasteiger partial charge in [-0.25, -0.2) is 0 Å². The molecule has 0 N–H and O–H groups in total. The van der Waals surface area contributed by atoms with Crippen molar-refractivity contribution in [3.63, 3.8) is 0 Å². The third kappa shape index (κ3) is 14.3. The van der Waals surface area contributed by atoms with Crippen molar-refractivity contribution in [2.75, 3.05) is 0 Å². The lowest BCUT2D eigenvalue weighted by molar-refractivity contribution is -0.427. The van der Waals surface area contributed by atoms with Crippen LogP contribution < -0.4 is 0 Å². The van der Waals surface area contributed by atoms with Crippen LogP contribution >= 0.6 is 0 Å². The predicted octanol–water partition coefficient (Wildman–Crippen LogP) is 5.54. The molecule has 27 heavy (non-hydrogen) atoms. The normalized spacial score (nSPS) is 12.8. The van der Waals surface area contributed by atoms with Crippen LogP contribution in [0.2, 0.25) is 0 Å². The smallest absolute Gasteiger partial charge is 0.246 e. The van der Waals surface area contributed by atoms with E-state index < -0.39 is 4.92 Å². The number of aldehydes is 1. The van der Waals surface area contributed by atoms with E-state index >= 15 is 0 Å². The zero-order chi connectivity index (χ0) is 20.3. The third-order valence-electron chi connectivity index (χ3n) is 3.83. The molecule has 0 rings (SSSR count). The van der Waals surface area contributed by atoms with Crippen molar-refractivity contribution >= 4 is 6.29 Å². The minimum absolute atomic E-state index is 0.0747. The first-order valence-electron chi connectivity index (χ1n) is 9.43. The van der Waals surface area contributed by atoms with Crippen LogP contribution in [0.1, 0.15) is 71.1 Å². The molecule has 7 heteroatoms. The molecule has 0 aliphatic rings. The van der Waals surface area contributed by atoms with Gasteiger partial charge in [0.05, 0.1) is 22.7 Å². The lowest BCUT2D eigenvalue weighted by Crippen LogP contribution is -1.98. The second-order valence-corrected chi connectivity index (χ2v) is 6.09. The molecule has 0 aliphatic carbocycles. The number of hydrogen-bond acceptors (Lipinski definition) is 5. The molecular weight excluding hydrogens is 348 g/mol. The van der Waals surface area contributed by atoms with Gasteiger partial charge < -0.3 is 4.79 Å². The maximum Gasteiger partial charge on any atom is 0.246 e. The highest BCUT2D eigenvalue weighted by Crippen LogP contribution is 2.10. The van der Waals surface area contributed by atoms with Crippen molar-refractivity contribution < 1.29 is 14.6 Å². The van der Waals surface area contributed by atoms with E-state index in [9.17, 15) is 25.0 Å². The molecule has 0 radical (unpaired) electrons. The fraction of sp³-hybridized carbons (Fsp3) is 0.550. The number of unbranched alkanes of at least 4 members (excludes halogenated alkanes) is 5. The summed E-state index contributed by atoms with van der Waals surface area (Å²) in [7, 11) is 0. The first-order chi connectivity index (χ1) is 13.0. The summed E-state index contributed by atoms with van der Waals surface area (Å²) >= 11 is 0. The lowest BCUT2D eigenvalue weighted by Gasteiger charge is -1.96. The van der Waals surface area contributed by atoms with Crippen molar-refractivity contribution in [2.45, 2.75) is 71.1 Å². The average molecular weight is 378 g/mol. The Morgan fingerprint density at radius 3 is 2.00 bits per heavy atom. The Morgan fingerprint density at radius 2 is 1.41 bits per heavy atom. The number of allylic oxidation sites excluding steroid dienone is 6. The van der Waals surface area contributed by atoms with Gasteiger partial charge in [0.2, 0.25) is 11.4 Å². The van der Waals surface area contributed by atoms with Gasteiger partial charge in [-0.1, -0.05) is 44.1 Å². The second-order valence-electron chi connectivity index (χ2n) is 6.09. The summed E-state index contributed by atoms with van der Waals surface area (Å²) in [6, 6.07) is 0. The van der Waals surface area contributed by atoms with E-state index in [2.05, 4.69) is 6.92 Å². The van der Waals surface area contributed by atoms with Gasteiger partial charge in [0, 0.05) is 6.42 Å². The van der Waals surface area contributed by atoms with Gasteiger partial charge in [-0.05, 0) is 44.3 Å². The van der Waals surface area contributed by atoms with Crippen LogP contribution in [0.5, 0.6) is 0 Å². The van der Waals surface area contributed by atoms with Gasteiger partial charge in [0.25, 0.3) is 0 Å². The van der Waals surface area contributed by atoms with E-state index in [0.29, 0.717) is 25.7 Å². The molecule has 0 fully saturated rings. The van der Waals surface area contributed by atoms with Gasteiger partial charge >= 0.3 is 0 Å². The average Bonchev–Trinajstić information content (AvgIpc) is 2.63. The number of carbonyl (C=O) groups excluding carboxylic acids is 1. The second kappa shape index (κ2) is 16.9. The zero-order valence-electron chi connectivity index (χ0n) is 16.0. The van der Waals surface area contributed by atoms with Crippen molar-refractivity contribution in [2.24, 2.45) is 0 Å². The lowest BCUT2D eigenvalue weighted by atomic mass is 10.1. The molecule has 0 bridgehead atoms. The molecular formula is C20H30N2O5. The number of nitro groups is 2. The fourth-order valence-corrected chi connectivity index (χ4v) is 2.27. The molecule has 0 aromatic heterocycles. The monoisotopic (exact) mass is 378 g/mol. The van der Waals surface area contributed by atoms with E-state index in [-0.39, 0.29) is 29.2 Å². The molecule has 0 aliphatic heterocycles. The highest BCUT2D eigenvalue weighted by atomic mass is 16.6. The quantitative estimate of drug-likeness (QED) is 0.115. The highest BCUT2D eigenvalue weighted by Gasteiger charge is 2.08. The van der Waals surface area contributed by atoms with E-state index in [1.165, 1.54) is 12.2 Å². The van der Waals surface area contributed by atoms with Crippen LogP contribution in [0.25, 0.3) is 0 Å². The van der Waals surface area contributed by atoms with Crippen LogP contribution in [0.4, 0.5) is 0 Å². The maximum absolute atomic E-state index is 11.1. The summed E-state index contributed by atoms with van der Waals surface area (Å²) < 4.78 is 0. The van der Waals surface area contributed by atoms with Crippen LogP contribution in [0.3, 0.4) is 0 Å². The molecule has 150 valence electrons. The summed E-state index contributed by atoms with van der Waals surface area (Å²) in [6.45, 7) is 2.13. The maximum atomic E-state index is 11.1. The van der Waals surface area contributed by atoms with E-state index in [1.807, 2.05) is 12.2 Å². The Labute approximate surface area is 160 Å². The fourth-order valence-electron chi connectivity index (χ4n) is 2.27. The number of nitrogens with zero attached hydrogens (tertiary/aromatic N) is 2. The highest BCUT2D eigenvalue weighted by molar-refractivity contribution is 5.49. The Kier molecular flexibility index (Phi) is 15.3. The standard InChI is InChI=1S/C20H30N2O5/c1-2-3-4-5-6-9-14-19(21(24)25)15-10-7-11-16-20(22(26)27)17-12-8-13-18-23/h6-7,9,11,15,17-18H,2-5,8,10,12-14,16H2,1H3/b9-6-,11-7-,19-15+,20-17+. The largest absolute Gasteiger partial charge is 0.303 e. The molecule has 0 aromatic carbocycles. The molecule has 0 spiro atoms. The van der Waals surface area contributed by atoms with Crippen molar-refractivity contribution in [1.29, 1.82) is 0 Å². The molecule has 0 saturated carbocycles. The van der Waals surface area contributed by atoms with Crippen molar-refractivity contribution in [3.8, 4) is 0 Å². The number of rotatable bonds is 16.